The van der Waals surface area contributed by atoms with Crippen molar-refractivity contribution in [3.05, 3.63) is 101 Å². The molecule has 0 amide bonds. The number of hydrogen-bond acceptors (Lipinski definition) is 8. The number of aliphatic hydroxyl groups excluding tert-OH is 1. The summed E-state index contributed by atoms with van der Waals surface area (Å²) in [5, 5.41) is 29.6. The lowest BCUT2D eigenvalue weighted by molar-refractivity contribution is -0.148. The van der Waals surface area contributed by atoms with Crippen molar-refractivity contribution in [1.29, 1.82) is 0 Å². The second-order valence-corrected chi connectivity index (χ2v) is 13.9. The Balaban J connectivity index is 1.42. The van der Waals surface area contributed by atoms with Crippen LogP contribution in [0.3, 0.4) is 0 Å². The first-order valence-corrected chi connectivity index (χ1v) is 18.1. The lowest BCUT2D eigenvalue weighted by Crippen LogP contribution is -2.25. The van der Waals surface area contributed by atoms with Gasteiger partial charge in [0.15, 0.2) is 11.5 Å². The number of nitrogens with one attached hydrogen (secondary N) is 3. The Morgan fingerprint density at radius 2 is 1.86 bits per heavy atom. The van der Waals surface area contributed by atoms with Gasteiger partial charge in [-0.15, -0.1) is 0 Å². The van der Waals surface area contributed by atoms with Crippen molar-refractivity contribution < 1.29 is 29.3 Å². The number of carbonyl (C=O) groups excluding carboxylic acids is 2. The minimum atomic E-state index is -0.529. The van der Waals surface area contributed by atoms with Gasteiger partial charge in [0.2, 0.25) is 0 Å². The number of carbonyl (C=O) groups is 2. The summed E-state index contributed by atoms with van der Waals surface area (Å²) in [6.07, 6.45) is 17.0. The molecule has 0 aliphatic carbocycles. The van der Waals surface area contributed by atoms with E-state index in [1.807, 2.05) is 30.5 Å². The van der Waals surface area contributed by atoms with Crippen LogP contribution in [0.1, 0.15) is 75.1 Å². The lowest BCUT2D eigenvalue weighted by atomic mass is 9.85. The number of esters is 1. The molecular formula is C41H50N4O6. The first-order valence-electron chi connectivity index (χ1n) is 18.1. The SMILES string of the molecule is CCC1CCC(OC(C)=O)CC(=O)CC(c2ccc(O)c(OC)c2)n2cc3cccc(c3c2)NC2=CC(=CCN2)C(CCO)Cc2c[nH]cc2C1. The molecule has 10 heteroatoms. The standard InChI is InChI=1S/C41H50N4O6/c1-4-27-8-10-35(51-26(2)47)20-34(48)21-38(30-9-11-39(49)40(18-30)50-3)45-24-31-6-5-7-37(36(31)25-45)44-41-19-28(12-14-43-41)29(13-15-46)17-33-23-42-22-32(33)16-27/h5-7,9,11-12,18-19,22-25,27,29,35,38,42-44,46,49H,4,8,10,13-17,20-21H2,1-3H3. The molecule has 4 bridgehead atoms. The van der Waals surface area contributed by atoms with Crippen LogP contribution in [0.4, 0.5) is 5.69 Å². The number of methoxy groups -OCH3 is 1. The van der Waals surface area contributed by atoms with Crippen LogP contribution in [0.15, 0.2) is 84.7 Å². The number of anilines is 1. The van der Waals surface area contributed by atoms with Crippen molar-refractivity contribution in [3.8, 4) is 11.5 Å². The molecule has 4 unspecified atom stereocenters. The Kier molecular flexibility index (Phi) is 11.5. The number of ketones is 1. The maximum absolute atomic E-state index is 14.0. The van der Waals surface area contributed by atoms with Crippen LogP contribution >= 0.6 is 0 Å². The molecule has 270 valence electrons. The first-order chi connectivity index (χ1) is 24.7. The predicted molar refractivity (Wildman–Crippen MR) is 199 cm³/mol. The van der Waals surface area contributed by atoms with E-state index in [2.05, 4.69) is 57.9 Å². The van der Waals surface area contributed by atoms with Gasteiger partial charge in [-0.05, 0) is 90.5 Å². The number of benzene rings is 2. The van der Waals surface area contributed by atoms with Crippen molar-refractivity contribution in [2.24, 2.45) is 11.8 Å². The summed E-state index contributed by atoms with van der Waals surface area (Å²) in [5.41, 5.74) is 5.41. The normalized spacial score (nSPS) is 21.8. The van der Waals surface area contributed by atoms with Crippen molar-refractivity contribution in [2.75, 3.05) is 25.6 Å². The molecule has 0 saturated carbocycles. The fourth-order valence-corrected chi connectivity index (χ4v) is 7.63. The highest BCUT2D eigenvalue weighted by molar-refractivity contribution is 5.94. The van der Waals surface area contributed by atoms with E-state index in [1.165, 1.54) is 30.7 Å². The van der Waals surface area contributed by atoms with Crippen LogP contribution in [-0.2, 0) is 27.2 Å². The van der Waals surface area contributed by atoms with E-state index in [4.69, 9.17) is 9.47 Å². The Morgan fingerprint density at radius 1 is 1.04 bits per heavy atom. The molecule has 0 radical (unpaired) electrons. The van der Waals surface area contributed by atoms with Crippen LogP contribution in [-0.4, -0.2) is 57.9 Å². The molecule has 4 heterocycles. The van der Waals surface area contributed by atoms with Gasteiger partial charge in [0.1, 0.15) is 17.7 Å². The number of hydrogen-bond donors (Lipinski definition) is 5. The summed E-state index contributed by atoms with van der Waals surface area (Å²) in [7, 11) is 1.51. The molecule has 6 rings (SSSR count). The molecule has 2 aromatic heterocycles. The van der Waals surface area contributed by atoms with Gasteiger partial charge in [-0.25, -0.2) is 0 Å². The number of aromatic nitrogens is 2. The summed E-state index contributed by atoms with van der Waals surface area (Å²) >= 11 is 0. The van der Waals surface area contributed by atoms with Crippen molar-refractivity contribution in [3.63, 3.8) is 0 Å². The van der Waals surface area contributed by atoms with E-state index in [0.29, 0.717) is 31.1 Å². The molecule has 4 aromatic rings. The highest BCUT2D eigenvalue weighted by Gasteiger charge is 2.26. The van der Waals surface area contributed by atoms with Crippen molar-refractivity contribution in [2.45, 2.75) is 77.4 Å². The quantitative estimate of drug-likeness (QED) is 0.137. The van der Waals surface area contributed by atoms with Gasteiger partial charge in [-0.1, -0.05) is 37.6 Å². The number of Topliss-reactive ketones (excluding diaryl/α,β-unsaturated/α-hetero) is 1. The number of rotatable bonds is 6. The topological polar surface area (TPSA) is 138 Å². The Hall–Kier alpha value is -4.96. The summed E-state index contributed by atoms with van der Waals surface area (Å²) in [6, 6.07) is 10.9. The Morgan fingerprint density at radius 3 is 2.63 bits per heavy atom. The van der Waals surface area contributed by atoms with Crippen LogP contribution in [0.2, 0.25) is 0 Å². The van der Waals surface area contributed by atoms with E-state index >= 15 is 0 Å². The second kappa shape index (κ2) is 16.4. The summed E-state index contributed by atoms with van der Waals surface area (Å²) in [5.74, 6) is 1.29. The molecule has 2 aliphatic rings. The number of nitrogens with zero attached hydrogens (tertiary/aromatic N) is 1. The molecule has 0 spiro atoms. The molecule has 5 N–H and O–H groups in total. The zero-order chi connectivity index (χ0) is 35.9. The fourth-order valence-electron chi connectivity index (χ4n) is 7.63. The minimum Gasteiger partial charge on any atom is -0.504 e. The number of dihydropyridines is 1. The average molecular weight is 695 g/mol. The van der Waals surface area contributed by atoms with E-state index in [-0.39, 0.29) is 36.9 Å². The number of phenols is 1. The van der Waals surface area contributed by atoms with Gasteiger partial charge >= 0.3 is 5.97 Å². The lowest BCUT2D eigenvalue weighted by Gasteiger charge is -2.24. The van der Waals surface area contributed by atoms with Crippen LogP contribution in [0, 0.1) is 11.8 Å². The maximum Gasteiger partial charge on any atom is 0.302 e. The maximum atomic E-state index is 14.0. The molecule has 2 aliphatic heterocycles. The molecule has 0 saturated heterocycles. The van der Waals surface area contributed by atoms with Crippen molar-refractivity contribution in [1.82, 2.24) is 14.9 Å². The summed E-state index contributed by atoms with van der Waals surface area (Å²) in [4.78, 5) is 29.5. The van der Waals surface area contributed by atoms with E-state index in [9.17, 15) is 19.8 Å². The average Bonchev–Trinajstić information content (AvgIpc) is 3.75. The Labute approximate surface area is 299 Å². The number of H-pyrrole nitrogens is 1. The van der Waals surface area contributed by atoms with E-state index < -0.39 is 18.1 Å². The van der Waals surface area contributed by atoms with Crippen LogP contribution < -0.4 is 15.4 Å². The monoisotopic (exact) mass is 694 g/mol. The highest BCUT2D eigenvalue weighted by atomic mass is 16.5. The van der Waals surface area contributed by atoms with Gasteiger partial charge in [0.05, 0.1) is 13.2 Å². The number of aromatic amines is 1. The largest absolute Gasteiger partial charge is 0.504 e. The van der Waals surface area contributed by atoms with Crippen LogP contribution in [0.25, 0.3) is 10.8 Å². The van der Waals surface area contributed by atoms with Crippen molar-refractivity contribution >= 4 is 28.2 Å². The minimum absolute atomic E-state index is 0.0212. The summed E-state index contributed by atoms with van der Waals surface area (Å²) in [6.45, 7) is 4.34. The third kappa shape index (κ3) is 8.68. The third-order valence-electron chi connectivity index (χ3n) is 10.4. The second-order valence-electron chi connectivity index (χ2n) is 13.9. The number of aliphatic hydroxyl groups is 1. The van der Waals surface area contributed by atoms with E-state index in [1.54, 1.807) is 12.1 Å². The van der Waals surface area contributed by atoms with Gasteiger partial charge in [-0.3, -0.25) is 9.59 Å². The number of aromatic hydroxyl groups is 1. The fraction of sp³-hybridized carbons (Fsp3) is 0.415. The zero-order valence-electron chi connectivity index (χ0n) is 29.8. The van der Waals surface area contributed by atoms with Gasteiger partial charge < -0.3 is 39.9 Å². The number of allylic oxidation sites excluding steroid dienone is 2. The van der Waals surface area contributed by atoms with Gasteiger partial charge in [-0.2, -0.15) is 0 Å². The molecule has 51 heavy (non-hydrogen) atoms. The smallest absolute Gasteiger partial charge is 0.302 e. The third-order valence-corrected chi connectivity index (χ3v) is 10.4. The molecule has 0 fully saturated rings. The molecular weight excluding hydrogens is 644 g/mol. The molecule has 2 aromatic carbocycles. The van der Waals surface area contributed by atoms with Gasteiger partial charge in [0, 0.05) is 74.2 Å². The molecule has 4 atom stereocenters. The summed E-state index contributed by atoms with van der Waals surface area (Å²) < 4.78 is 13.3. The van der Waals surface area contributed by atoms with E-state index in [0.717, 1.165) is 53.5 Å². The number of fused-ring (bicyclic) bond motifs is 3. The molecule has 10 nitrogen and oxygen atoms in total. The Bertz CT molecular complexity index is 1900. The number of phenolic OH excluding ortho intramolecular Hbond substituents is 1. The van der Waals surface area contributed by atoms with Gasteiger partial charge in [0.25, 0.3) is 0 Å². The highest BCUT2D eigenvalue weighted by Crippen LogP contribution is 2.36. The zero-order valence-corrected chi connectivity index (χ0v) is 29.8. The first kappa shape index (κ1) is 35.9. The van der Waals surface area contributed by atoms with Crippen LogP contribution in [0.5, 0.6) is 11.5 Å². The number of ether oxygens (including phenoxy) is 2. The predicted octanol–water partition coefficient (Wildman–Crippen LogP) is 6.94.